The van der Waals surface area contributed by atoms with Gasteiger partial charge in [0.25, 0.3) is 0 Å². The molecule has 0 aliphatic carbocycles. The number of rotatable bonds is 6. The Morgan fingerprint density at radius 1 is 1.62 bits per heavy atom. The molecule has 0 radical (unpaired) electrons. The second-order valence-corrected chi connectivity index (χ2v) is 3.73. The highest BCUT2D eigenvalue weighted by Gasteiger charge is 2.11. The first kappa shape index (κ1) is 12.6. The normalized spacial score (nSPS) is 12.4. The van der Waals surface area contributed by atoms with Crippen LogP contribution in [0.1, 0.15) is 26.1 Å². The van der Waals surface area contributed by atoms with Gasteiger partial charge in [-0.1, -0.05) is 6.92 Å². The zero-order chi connectivity index (χ0) is 12.0. The Kier molecular flexibility index (Phi) is 4.91. The minimum atomic E-state index is -0.227. The zero-order valence-corrected chi connectivity index (χ0v) is 10.0. The van der Waals surface area contributed by atoms with Crippen molar-refractivity contribution in [2.24, 2.45) is 7.05 Å². The molecule has 0 aliphatic rings. The molecule has 1 heterocycles. The predicted molar refractivity (Wildman–Crippen MR) is 60.6 cm³/mol. The van der Waals surface area contributed by atoms with Crippen molar-refractivity contribution in [1.29, 1.82) is 0 Å². The lowest BCUT2D eigenvalue weighted by Crippen LogP contribution is -2.42. The van der Waals surface area contributed by atoms with E-state index in [1.54, 1.807) is 11.0 Å². The number of carbonyl (C=O) groups is 1. The molecule has 1 aromatic heterocycles. The largest absolute Gasteiger partial charge is 0.355 e. The molecule has 1 amide bonds. The standard InChI is InChI=1S/C10H19N5O/c1-4-5-11-10(16)8(2)12-6-9-13-7-15(3)14-9/h7-8,12H,4-6H2,1-3H3,(H,11,16). The highest BCUT2D eigenvalue weighted by Crippen LogP contribution is 1.90. The van der Waals surface area contributed by atoms with E-state index < -0.39 is 0 Å². The molecule has 2 N–H and O–H groups in total. The molecule has 0 aromatic carbocycles. The molecule has 16 heavy (non-hydrogen) atoms. The molecule has 1 atom stereocenters. The molecule has 1 rings (SSSR count). The fourth-order valence-electron chi connectivity index (χ4n) is 1.20. The minimum Gasteiger partial charge on any atom is -0.355 e. The van der Waals surface area contributed by atoms with Gasteiger partial charge in [-0.2, -0.15) is 5.10 Å². The van der Waals surface area contributed by atoms with Crippen molar-refractivity contribution in [3.63, 3.8) is 0 Å². The summed E-state index contributed by atoms with van der Waals surface area (Å²) in [6.07, 6.45) is 2.58. The lowest BCUT2D eigenvalue weighted by molar-refractivity contribution is -0.122. The number of nitrogens with one attached hydrogen (secondary N) is 2. The van der Waals surface area contributed by atoms with Crippen molar-refractivity contribution in [2.45, 2.75) is 32.9 Å². The Bertz CT molecular complexity index is 336. The van der Waals surface area contributed by atoms with E-state index in [1.165, 1.54) is 0 Å². The summed E-state index contributed by atoms with van der Waals surface area (Å²) in [6, 6.07) is -0.227. The van der Waals surface area contributed by atoms with E-state index in [2.05, 4.69) is 20.7 Å². The lowest BCUT2D eigenvalue weighted by Gasteiger charge is -2.12. The Morgan fingerprint density at radius 3 is 2.94 bits per heavy atom. The van der Waals surface area contributed by atoms with E-state index in [-0.39, 0.29) is 11.9 Å². The number of carbonyl (C=O) groups excluding carboxylic acids is 1. The smallest absolute Gasteiger partial charge is 0.236 e. The molecule has 0 bridgehead atoms. The van der Waals surface area contributed by atoms with Crippen LogP contribution in [0.4, 0.5) is 0 Å². The second-order valence-electron chi connectivity index (χ2n) is 3.73. The maximum atomic E-state index is 11.5. The van der Waals surface area contributed by atoms with Gasteiger partial charge in [-0.25, -0.2) is 4.98 Å². The van der Waals surface area contributed by atoms with Gasteiger partial charge < -0.3 is 5.32 Å². The molecule has 0 spiro atoms. The molecular weight excluding hydrogens is 206 g/mol. The quantitative estimate of drug-likeness (QED) is 0.704. The van der Waals surface area contributed by atoms with Crippen LogP contribution in [0.15, 0.2) is 6.33 Å². The predicted octanol–water partition coefficient (Wildman–Crippen LogP) is -0.181. The fraction of sp³-hybridized carbons (Fsp3) is 0.700. The fourth-order valence-corrected chi connectivity index (χ4v) is 1.20. The van der Waals surface area contributed by atoms with Gasteiger partial charge in [-0.3, -0.25) is 14.8 Å². The minimum absolute atomic E-state index is 0.0118. The maximum Gasteiger partial charge on any atom is 0.236 e. The average molecular weight is 225 g/mol. The molecule has 0 aliphatic heterocycles. The number of amides is 1. The van der Waals surface area contributed by atoms with Crippen LogP contribution in [0.2, 0.25) is 0 Å². The Hall–Kier alpha value is -1.43. The molecule has 90 valence electrons. The number of aromatic nitrogens is 3. The SMILES string of the molecule is CCCNC(=O)C(C)NCc1ncn(C)n1. The van der Waals surface area contributed by atoms with E-state index in [0.29, 0.717) is 18.9 Å². The van der Waals surface area contributed by atoms with E-state index in [0.717, 1.165) is 6.42 Å². The first-order valence-corrected chi connectivity index (χ1v) is 5.49. The van der Waals surface area contributed by atoms with Crippen molar-refractivity contribution in [2.75, 3.05) is 6.54 Å². The van der Waals surface area contributed by atoms with Crippen molar-refractivity contribution in [1.82, 2.24) is 25.4 Å². The van der Waals surface area contributed by atoms with Crippen molar-refractivity contribution in [3.05, 3.63) is 12.2 Å². The summed E-state index contributed by atoms with van der Waals surface area (Å²) < 4.78 is 1.64. The molecule has 0 saturated carbocycles. The summed E-state index contributed by atoms with van der Waals surface area (Å²) >= 11 is 0. The van der Waals surface area contributed by atoms with Gasteiger partial charge in [0.15, 0.2) is 5.82 Å². The molecule has 6 heteroatoms. The van der Waals surface area contributed by atoms with Crippen LogP contribution in [0.3, 0.4) is 0 Å². The van der Waals surface area contributed by atoms with Gasteiger partial charge in [0.05, 0.1) is 12.6 Å². The van der Waals surface area contributed by atoms with Gasteiger partial charge in [-0.15, -0.1) is 0 Å². The topological polar surface area (TPSA) is 71.8 Å². The summed E-state index contributed by atoms with van der Waals surface area (Å²) in [6.45, 7) is 5.07. The first-order valence-electron chi connectivity index (χ1n) is 5.49. The van der Waals surface area contributed by atoms with Crippen molar-refractivity contribution in [3.8, 4) is 0 Å². The number of hydrogen-bond acceptors (Lipinski definition) is 4. The first-order chi connectivity index (χ1) is 7.63. The maximum absolute atomic E-state index is 11.5. The molecular formula is C10H19N5O. The average Bonchev–Trinajstić information content (AvgIpc) is 2.68. The Morgan fingerprint density at radius 2 is 2.38 bits per heavy atom. The van der Waals surface area contributed by atoms with Crippen LogP contribution < -0.4 is 10.6 Å². The van der Waals surface area contributed by atoms with Crippen LogP contribution in [0.5, 0.6) is 0 Å². The third kappa shape index (κ3) is 3.98. The van der Waals surface area contributed by atoms with E-state index in [1.807, 2.05) is 20.9 Å². The van der Waals surface area contributed by atoms with Crippen LogP contribution >= 0.6 is 0 Å². The van der Waals surface area contributed by atoms with Gasteiger partial charge in [0.1, 0.15) is 6.33 Å². The van der Waals surface area contributed by atoms with Crippen molar-refractivity contribution >= 4 is 5.91 Å². The summed E-state index contributed by atoms with van der Waals surface area (Å²) in [7, 11) is 1.81. The number of aryl methyl sites for hydroxylation is 1. The highest BCUT2D eigenvalue weighted by atomic mass is 16.2. The van der Waals surface area contributed by atoms with E-state index >= 15 is 0 Å². The molecule has 0 saturated heterocycles. The summed E-state index contributed by atoms with van der Waals surface area (Å²) in [5.41, 5.74) is 0. The highest BCUT2D eigenvalue weighted by molar-refractivity contribution is 5.81. The Labute approximate surface area is 95.4 Å². The molecule has 0 fully saturated rings. The third-order valence-corrected chi connectivity index (χ3v) is 2.16. The van der Waals surface area contributed by atoms with Crippen molar-refractivity contribution < 1.29 is 4.79 Å². The van der Waals surface area contributed by atoms with Gasteiger partial charge in [0.2, 0.25) is 5.91 Å². The number of nitrogens with zero attached hydrogens (tertiary/aromatic N) is 3. The lowest BCUT2D eigenvalue weighted by atomic mass is 10.3. The van der Waals surface area contributed by atoms with E-state index in [9.17, 15) is 4.79 Å². The molecule has 1 aromatic rings. The van der Waals surface area contributed by atoms with Crippen LogP contribution in [0, 0.1) is 0 Å². The second kappa shape index (κ2) is 6.22. The Balaban J connectivity index is 2.29. The summed E-state index contributed by atoms with van der Waals surface area (Å²) in [5.74, 6) is 0.704. The monoisotopic (exact) mass is 225 g/mol. The number of hydrogen-bond donors (Lipinski definition) is 2. The van der Waals surface area contributed by atoms with Crippen LogP contribution in [0.25, 0.3) is 0 Å². The third-order valence-electron chi connectivity index (χ3n) is 2.16. The summed E-state index contributed by atoms with van der Waals surface area (Å²) in [4.78, 5) is 15.6. The van der Waals surface area contributed by atoms with Gasteiger partial charge >= 0.3 is 0 Å². The molecule has 6 nitrogen and oxygen atoms in total. The van der Waals surface area contributed by atoms with Gasteiger partial charge in [0, 0.05) is 13.6 Å². The van der Waals surface area contributed by atoms with E-state index in [4.69, 9.17) is 0 Å². The zero-order valence-electron chi connectivity index (χ0n) is 10.0. The van der Waals surface area contributed by atoms with Crippen LogP contribution in [-0.2, 0) is 18.4 Å². The molecule has 1 unspecified atom stereocenters. The van der Waals surface area contributed by atoms with Gasteiger partial charge in [-0.05, 0) is 13.3 Å². The summed E-state index contributed by atoms with van der Waals surface area (Å²) in [5, 5.41) is 10.0. The van der Waals surface area contributed by atoms with Crippen LogP contribution in [-0.4, -0.2) is 33.3 Å².